The van der Waals surface area contributed by atoms with Gasteiger partial charge in [0.05, 0.1) is 17.9 Å². The fourth-order valence-corrected chi connectivity index (χ4v) is 4.50. The summed E-state index contributed by atoms with van der Waals surface area (Å²) in [7, 11) is 0. The highest BCUT2D eigenvalue weighted by Gasteiger charge is 2.35. The van der Waals surface area contributed by atoms with Crippen LogP contribution in [0.15, 0.2) is 42.6 Å². The van der Waals surface area contributed by atoms with Gasteiger partial charge in [-0.15, -0.1) is 0 Å². The summed E-state index contributed by atoms with van der Waals surface area (Å²) in [6.07, 6.45) is 6.07. The Hall–Kier alpha value is -2.36. The topological polar surface area (TPSA) is 45.2 Å². The van der Waals surface area contributed by atoms with E-state index in [2.05, 4.69) is 37.1 Å². The predicted molar refractivity (Wildman–Crippen MR) is 110 cm³/mol. The van der Waals surface area contributed by atoms with Crippen LogP contribution in [0.25, 0.3) is 0 Å². The molecule has 0 radical (unpaired) electrons. The molecule has 4 heteroatoms. The summed E-state index contributed by atoms with van der Waals surface area (Å²) >= 11 is 0. The Bertz CT molecular complexity index is 832. The van der Waals surface area contributed by atoms with E-state index in [0.717, 1.165) is 48.4 Å². The Morgan fingerprint density at radius 3 is 2.56 bits per heavy atom. The number of hydrogen-bond donors (Lipinski definition) is 1. The first kappa shape index (κ1) is 18.0. The van der Waals surface area contributed by atoms with E-state index in [-0.39, 0.29) is 11.8 Å². The number of nitrogens with zero attached hydrogens (tertiary/aromatic N) is 2. The lowest BCUT2D eigenvalue weighted by atomic mass is 9.69. The van der Waals surface area contributed by atoms with E-state index in [4.69, 9.17) is 0 Å². The number of benzene rings is 1. The fraction of sp³-hybridized carbons (Fsp3) is 0.478. The number of carbonyl (C=O) groups is 1. The zero-order chi connectivity index (χ0) is 19.0. The molecule has 0 unspecified atom stereocenters. The Kier molecular flexibility index (Phi) is 4.67. The van der Waals surface area contributed by atoms with E-state index in [1.165, 1.54) is 0 Å². The van der Waals surface area contributed by atoms with Gasteiger partial charge in [0.25, 0.3) is 0 Å². The summed E-state index contributed by atoms with van der Waals surface area (Å²) in [5, 5.41) is 3.41. The Morgan fingerprint density at radius 1 is 1.07 bits per heavy atom. The normalized spacial score (nSPS) is 22.3. The van der Waals surface area contributed by atoms with E-state index in [9.17, 15) is 4.79 Å². The van der Waals surface area contributed by atoms with Gasteiger partial charge < -0.3 is 10.2 Å². The molecule has 27 heavy (non-hydrogen) atoms. The van der Waals surface area contributed by atoms with Crippen molar-refractivity contribution in [3.05, 3.63) is 48.2 Å². The number of carbonyl (C=O) groups excluding carboxylic acids is 1. The van der Waals surface area contributed by atoms with Gasteiger partial charge in [0, 0.05) is 17.7 Å². The third kappa shape index (κ3) is 3.58. The summed E-state index contributed by atoms with van der Waals surface area (Å²) in [6.45, 7) is 7.53. The number of rotatable bonds is 1. The Balaban J connectivity index is 1.60. The molecular formula is C23H29N3O. The first-order valence-electron chi connectivity index (χ1n) is 10.0. The second kappa shape index (κ2) is 6.99. The first-order chi connectivity index (χ1) is 12.9. The number of nitrogens with one attached hydrogen (secondary N) is 1. The van der Waals surface area contributed by atoms with Crippen LogP contribution < -0.4 is 10.2 Å². The summed E-state index contributed by atoms with van der Waals surface area (Å²) in [5.74, 6) is 1.93. The number of anilines is 3. The predicted octanol–water partition coefficient (Wildman–Crippen LogP) is 5.52. The van der Waals surface area contributed by atoms with Gasteiger partial charge in [-0.3, -0.25) is 4.79 Å². The summed E-state index contributed by atoms with van der Waals surface area (Å²) < 4.78 is 0. The van der Waals surface area contributed by atoms with Crippen LogP contribution in [-0.4, -0.2) is 10.9 Å². The smallest absolute Gasteiger partial charge is 0.230 e. The monoisotopic (exact) mass is 363 g/mol. The van der Waals surface area contributed by atoms with Gasteiger partial charge in [-0.2, -0.15) is 0 Å². The van der Waals surface area contributed by atoms with Crippen LogP contribution in [0.3, 0.4) is 0 Å². The number of hydrogen-bond acceptors (Lipinski definition) is 3. The SMILES string of the molecule is CC(C)(C)C1CCC(C(=O)N2Cc3cccnc3Nc3ccccc32)CC1. The minimum Gasteiger partial charge on any atom is -0.338 e. The molecule has 1 aromatic heterocycles. The fourth-order valence-electron chi connectivity index (χ4n) is 4.50. The maximum atomic E-state index is 13.5. The van der Waals surface area contributed by atoms with Gasteiger partial charge in [0.15, 0.2) is 0 Å². The highest BCUT2D eigenvalue weighted by atomic mass is 16.2. The molecule has 4 rings (SSSR count). The standard InChI is InChI=1S/C23H29N3O/c1-23(2,3)18-12-10-16(11-13-18)22(27)26-15-17-7-6-14-24-21(17)25-19-8-4-5-9-20(19)26/h4-9,14,16,18H,10-13,15H2,1-3H3,(H,24,25). The Labute approximate surface area is 162 Å². The summed E-state index contributed by atoms with van der Waals surface area (Å²) in [5.41, 5.74) is 3.30. The molecule has 1 amide bonds. The lowest BCUT2D eigenvalue weighted by molar-refractivity contribution is -0.124. The molecular weight excluding hydrogens is 334 g/mol. The molecule has 0 saturated heterocycles. The molecule has 2 heterocycles. The summed E-state index contributed by atoms with van der Waals surface area (Å²) in [6, 6.07) is 12.0. The molecule has 0 bridgehead atoms. The number of para-hydroxylation sites is 2. The molecule has 142 valence electrons. The van der Waals surface area contributed by atoms with Crippen LogP contribution in [0.4, 0.5) is 17.2 Å². The molecule has 4 nitrogen and oxygen atoms in total. The average Bonchev–Trinajstić information content (AvgIpc) is 2.83. The van der Waals surface area contributed by atoms with Gasteiger partial charge in [-0.1, -0.05) is 39.0 Å². The lowest BCUT2D eigenvalue weighted by Gasteiger charge is -2.38. The maximum absolute atomic E-state index is 13.5. The van der Waals surface area contributed by atoms with E-state index in [1.807, 2.05) is 35.2 Å². The second-order valence-corrected chi connectivity index (χ2v) is 8.99. The van der Waals surface area contributed by atoms with Crippen LogP contribution in [-0.2, 0) is 11.3 Å². The highest BCUT2D eigenvalue weighted by Crippen LogP contribution is 2.42. The van der Waals surface area contributed by atoms with Crippen molar-refractivity contribution in [1.29, 1.82) is 0 Å². The van der Waals surface area contributed by atoms with Crippen LogP contribution in [0.1, 0.15) is 52.0 Å². The largest absolute Gasteiger partial charge is 0.338 e. The second-order valence-electron chi connectivity index (χ2n) is 8.99. The lowest BCUT2D eigenvalue weighted by Crippen LogP contribution is -2.38. The van der Waals surface area contributed by atoms with Gasteiger partial charge in [-0.05, 0) is 55.2 Å². The molecule has 1 aliphatic heterocycles. The molecule has 1 N–H and O–H groups in total. The first-order valence-corrected chi connectivity index (χ1v) is 10.0. The molecule has 1 saturated carbocycles. The van der Waals surface area contributed by atoms with Gasteiger partial charge >= 0.3 is 0 Å². The van der Waals surface area contributed by atoms with E-state index in [1.54, 1.807) is 6.20 Å². The number of fused-ring (bicyclic) bond motifs is 2. The molecule has 0 spiro atoms. The molecule has 1 aliphatic carbocycles. The van der Waals surface area contributed by atoms with Crippen molar-refractivity contribution in [3.63, 3.8) is 0 Å². The molecule has 2 aromatic rings. The van der Waals surface area contributed by atoms with Crippen molar-refractivity contribution >= 4 is 23.1 Å². The minimum atomic E-state index is 0.120. The quantitative estimate of drug-likeness (QED) is 0.725. The van der Waals surface area contributed by atoms with Crippen LogP contribution in [0.5, 0.6) is 0 Å². The zero-order valence-electron chi connectivity index (χ0n) is 16.5. The molecule has 2 aliphatic rings. The van der Waals surface area contributed by atoms with Crippen LogP contribution >= 0.6 is 0 Å². The van der Waals surface area contributed by atoms with Crippen molar-refractivity contribution < 1.29 is 4.79 Å². The molecule has 0 atom stereocenters. The van der Waals surface area contributed by atoms with E-state index < -0.39 is 0 Å². The molecule has 1 fully saturated rings. The third-order valence-corrected chi connectivity index (χ3v) is 6.23. The number of aromatic nitrogens is 1. The third-order valence-electron chi connectivity index (χ3n) is 6.23. The van der Waals surface area contributed by atoms with Gasteiger partial charge in [0.2, 0.25) is 5.91 Å². The van der Waals surface area contributed by atoms with Crippen LogP contribution in [0.2, 0.25) is 0 Å². The van der Waals surface area contributed by atoms with Crippen molar-refractivity contribution in [1.82, 2.24) is 4.98 Å². The number of pyridine rings is 1. The minimum absolute atomic E-state index is 0.120. The Morgan fingerprint density at radius 2 is 1.81 bits per heavy atom. The zero-order valence-corrected chi connectivity index (χ0v) is 16.5. The maximum Gasteiger partial charge on any atom is 0.230 e. The van der Waals surface area contributed by atoms with Crippen LogP contribution in [0, 0.1) is 17.3 Å². The average molecular weight is 364 g/mol. The van der Waals surface area contributed by atoms with E-state index in [0.29, 0.717) is 17.9 Å². The van der Waals surface area contributed by atoms with Crippen molar-refractivity contribution in [3.8, 4) is 0 Å². The van der Waals surface area contributed by atoms with Crippen molar-refractivity contribution in [2.24, 2.45) is 17.3 Å². The molecule has 1 aromatic carbocycles. The van der Waals surface area contributed by atoms with Gasteiger partial charge in [0.1, 0.15) is 5.82 Å². The van der Waals surface area contributed by atoms with Gasteiger partial charge in [-0.25, -0.2) is 4.98 Å². The van der Waals surface area contributed by atoms with E-state index >= 15 is 0 Å². The summed E-state index contributed by atoms with van der Waals surface area (Å²) in [4.78, 5) is 20.0. The van der Waals surface area contributed by atoms with Crippen molar-refractivity contribution in [2.75, 3.05) is 10.2 Å². The van der Waals surface area contributed by atoms with Crippen molar-refractivity contribution in [2.45, 2.75) is 53.0 Å². The number of amides is 1. The highest BCUT2D eigenvalue weighted by molar-refractivity contribution is 5.99.